The molecule has 8 heteroatoms. The maximum absolute atomic E-state index is 13.3. The van der Waals surface area contributed by atoms with E-state index in [4.69, 9.17) is 28.2 Å². The van der Waals surface area contributed by atoms with Gasteiger partial charge >= 0.3 is 0 Å². The Labute approximate surface area is 196 Å². The average molecular weight is 476 g/mol. The lowest BCUT2D eigenvalue weighted by Crippen LogP contribution is -2.42. The Kier molecular flexibility index (Phi) is 7.20. The fourth-order valence-electron chi connectivity index (χ4n) is 3.94. The molecular weight excluding hydrogens is 453 g/mol. The van der Waals surface area contributed by atoms with Crippen LogP contribution >= 0.6 is 35.0 Å². The first kappa shape index (κ1) is 22.2. The van der Waals surface area contributed by atoms with Gasteiger partial charge in [-0.2, -0.15) is 0 Å². The van der Waals surface area contributed by atoms with Gasteiger partial charge in [-0.15, -0.1) is 0 Å². The van der Waals surface area contributed by atoms with Crippen molar-refractivity contribution in [2.75, 3.05) is 5.32 Å². The van der Waals surface area contributed by atoms with Crippen molar-refractivity contribution in [1.82, 2.24) is 4.90 Å². The Hall–Kier alpha value is -2.02. The average Bonchev–Trinajstić information content (AvgIpc) is 3.06. The highest BCUT2D eigenvalue weighted by molar-refractivity contribution is 8.15. The van der Waals surface area contributed by atoms with Crippen LogP contribution < -0.4 is 5.32 Å². The van der Waals surface area contributed by atoms with E-state index in [1.54, 1.807) is 18.2 Å². The molecule has 2 aromatic carbocycles. The zero-order valence-corrected chi connectivity index (χ0v) is 19.2. The van der Waals surface area contributed by atoms with Gasteiger partial charge in [-0.05, 0) is 43.2 Å². The van der Waals surface area contributed by atoms with Gasteiger partial charge in [-0.1, -0.05) is 72.4 Å². The summed E-state index contributed by atoms with van der Waals surface area (Å²) >= 11 is 13.3. The summed E-state index contributed by atoms with van der Waals surface area (Å²) in [6.07, 6.45) is 5.44. The van der Waals surface area contributed by atoms with E-state index in [-0.39, 0.29) is 24.3 Å². The molecule has 2 aliphatic rings. The number of thioether (sulfide) groups is 1. The largest absolute Gasteiger partial charge is 0.326 e. The third-order valence-corrected chi connectivity index (χ3v) is 7.35. The Morgan fingerprint density at radius 1 is 1.06 bits per heavy atom. The van der Waals surface area contributed by atoms with Gasteiger partial charge in [0.1, 0.15) is 5.25 Å². The van der Waals surface area contributed by atoms with Crippen molar-refractivity contribution in [2.45, 2.75) is 49.8 Å². The number of anilines is 1. The second-order valence-electron chi connectivity index (χ2n) is 7.72. The minimum Gasteiger partial charge on any atom is -0.326 e. The van der Waals surface area contributed by atoms with Crippen LogP contribution in [-0.4, -0.2) is 33.2 Å². The first-order chi connectivity index (χ1) is 15.0. The van der Waals surface area contributed by atoms with Crippen molar-refractivity contribution >= 4 is 63.3 Å². The zero-order chi connectivity index (χ0) is 21.8. The van der Waals surface area contributed by atoms with Gasteiger partial charge < -0.3 is 5.32 Å². The van der Waals surface area contributed by atoms with E-state index < -0.39 is 5.25 Å². The zero-order valence-electron chi connectivity index (χ0n) is 16.9. The number of aliphatic imine (C=N–C) groups is 1. The van der Waals surface area contributed by atoms with Crippen molar-refractivity contribution in [3.8, 4) is 0 Å². The molecule has 4 rings (SSSR count). The minimum absolute atomic E-state index is 0.0316. The van der Waals surface area contributed by atoms with Crippen LogP contribution in [0.25, 0.3) is 0 Å². The summed E-state index contributed by atoms with van der Waals surface area (Å²) in [4.78, 5) is 32.5. The Balaban J connectivity index is 1.51. The number of amides is 2. The van der Waals surface area contributed by atoms with E-state index >= 15 is 0 Å². The quantitative estimate of drug-likeness (QED) is 0.552. The molecule has 1 aliphatic carbocycles. The van der Waals surface area contributed by atoms with Crippen LogP contribution in [0.15, 0.2) is 53.5 Å². The lowest BCUT2D eigenvalue weighted by Gasteiger charge is -2.30. The molecule has 31 heavy (non-hydrogen) atoms. The van der Waals surface area contributed by atoms with E-state index in [0.29, 0.717) is 20.9 Å². The van der Waals surface area contributed by atoms with Crippen LogP contribution in [-0.2, 0) is 9.59 Å². The van der Waals surface area contributed by atoms with Crippen LogP contribution in [0, 0.1) is 0 Å². The SMILES string of the molecule is O=C(C[C@@H]1SC(=Nc2ccccc2)N(C2CCCCC2)C1=O)Nc1ccc(Cl)c(Cl)c1. The molecular formula is C23H23Cl2N3O2S. The lowest BCUT2D eigenvalue weighted by molar-refractivity contribution is -0.130. The van der Waals surface area contributed by atoms with E-state index in [9.17, 15) is 9.59 Å². The fraction of sp³-hybridized carbons (Fsp3) is 0.348. The topological polar surface area (TPSA) is 61.8 Å². The van der Waals surface area contributed by atoms with Gasteiger partial charge in [0.2, 0.25) is 11.8 Å². The molecule has 0 spiro atoms. The maximum atomic E-state index is 13.3. The van der Waals surface area contributed by atoms with Gasteiger partial charge in [0.05, 0.1) is 15.7 Å². The molecule has 162 valence electrons. The summed E-state index contributed by atoms with van der Waals surface area (Å²) in [6, 6.07) is 14.7. The van der Waals surface area contributed by atoms with Crippen molar-refractivity contribution in [3.63, 3.8) is 0 Å². The molecule has 1 atom stereocenters. The van der Waals surface area contributed by atoms with Crippen LogP contribution in [0.3, 0.4) is 0 Å². The molecule has 1 saturated carbocycles. The molecule has 1 N–H and O–H groups in total. The highest BCUT2D eigenvalue weighted by atomic mass is 35.5. The molecule has 1 saturated heterocycles. The number of nitrogens with zero attached hydrogens (tertiary/aromatic N) is 2. The van der Waals surface area contributed by atoms with Crippen LogP contribution in [0.5, 0.6) is 0 Å². The Bertz CT molecular complexity index is 994. The number of rotatable bonds is 5. The number of hydrogen-bond donors (Lipinski definition) is 1. The molecule has 1 aliphatic heterocycles. The molecule has 0 unspecified atom stereocenters. The molecule has 0 bridgehead atoms. The molecule has 2 amide bonds. The summed E-state index contributed by atoms with van der Waals surface area (Å²) in [5.74, 6) is -0.273. The number of nitrogens with one attached hydrogen (secondary N) is 1. The van der Waals surface area contributed by atoms with Gasteiger partial charge in [0.15, 0.2) is 5.17 Å². The summed E-state index contributed by atoms with van der Waals surface area (Å²) in [6.45, 7) is 0. The summed E-state index contributed by atoms with van der Waals surface area (Å²) < 4.78 is 0. The summed E-state index contributed by atoms with van der Waals surface area (Å²) in [7, 11) is 0. The van der Waals surface area contributed by atoms with Crippen LogP contribution in [0.2, 0.25) is 10.0 Å². The smallest absolute Gasteiger partial charge is 0.242 e. The predicted octanol–water partition coefficient (Wildman–Crippen LogP) is 6.29. The number of carbonyl (C=O) groups excluding carboxylic acids is 2. The van der Waals surface area contributed by atoms with Crippen LogP contribution in [0.4, 0.5) is 11.4 Å². The number of amidine groups is 1. The third kappa shape index (κ3) is 5.43. The van der Waals surface area contributed by atoms with E-state index in [1.807, 2.05) is 35.2 Å². The van der Waals surface area contributed by atoms with Gasteiger partial charge in [-0.3, -0.25) is 14.5 Å². The third-order valence-electron chi connectivity index (χ3n) is 5.46. The molecule has 1 heterocycles. The fourth-order valence-corrected chi connectivity index (χ4v) is 5.45. The molecule has 2 aromatic rings. The first-order valence-electron chi connectivity index (χ1n) is 10.4. The van der Waals surface area contributed by atoms with Crippen molar-refractivity contribution in [1.29, 1.82) is 0 Å². The van der Waals surface area contributed by atoms with E-state index in [1.165, 1.54) is 18.2 Å². The summed E-state index contributed by atoms with van der Waals surface area (Å²) in [5, 5.41) is 3.80. The Morgan fingerprint density at radius 2 is 1.81 bits per heavy atom. The lowest BCUT2D eigenvalue weighted by atomic mass is 9.94. The van der Waals surface area contributed by atoms with Gasteiger partial charge in [-0.25, -0.2) is 4.99 Å². The standard InChI is InChI=1S/C23H23Cl2N3O2S/c24-18-12-11-16(13-19(18)25)26-21(29)14-20-22(30)28(17-9-5-2-6-10-17)23(31-20)27-15-7-3-1-4-8-15/h1,3-4,7-8,11-13,17,20H,2,5-6,9-10,14H2,(H,26,29)/t20-/m0/s1. The van der Waals surface area contributed by atoms with Crippen LogP contribution in [0.1, 0.15) is 38.5 Å². The maximum Gasteiger partial charge on any atom is 0.242 e. The summed E-state index contributed by atoms with van der Waals surface area (Å²) in [5.41, 5.74) is 1.36. The monoisotopic (exact) mass is 475 g/mol. The normalized spacial score (nSPS) is 21.0. The molecule has 5 nitrogen and oxygen atoms in total. The second-order valence-corrected chi connectivity index (χ2v) is 9.70. The second kappa shape index (κ2) is 10.1. The highest BCUT2D eigenvalue weighted by Crippen LogP contribution is 2.37. The van der Waals surface area contributed by atoms with Crippen molar-refractivity contribution < 1.29 is 9.59 Å². The predicted molar refractivity (Wildman–Crippen MR) is 128 cm³/mol. The molecule has 0 aromatic heterocycles. The minimum atomic E-state index is -0.493. The van der Waals surface area contributed by atoms with E-state index in [0.717, 1.165) is 31.4 Å². The number of benzene rings is 2. The molecule has 2 fully saturated rings. The van der Waals surface area contributed by atoms with E-state index in [2.05, 4.69) is 5.32 Å². The molecule has 0 radical (unpaired) electrons. The number of carbonyl (C=O) groups is 2. The highest BCUT2D eigenvalue weighted by Gasteiger charge is 2.42. The van der Waals surface area contributed by atoms with Crippen molar-refractivity contribution in [2.24, 2.45) is 4.99 Å². The number of para-hydroxylation sites is 1. The number of hydrogen-bond acceptors (Lipinski definition) is 4. The Morgan fingerprint density at radius 3 is 2.52 bits per heavy atom. The van der Waals surface area contributed by atoms with Crippen molar-refractivity contribution in [3.05, 3.63) is 58.6 Å². The van der Waals surface area contributed by atoms with Gasteiger partial charge in [0, 0.05) is 18.2 Å². The number of halogens is 2. The van der Waals surface area contributed by atoms with Gasteiger partial charge in [0.25, 0.3) is 0 Å². The first-order valence-corrected chi connectivity index (χ1v) is 12.0.